The van der Waals surface area contributed by atoms with E-state index in [1.807, 2.05) is 6.92 Å². The van der Waals surface area contributed by atoms with Crippen molar-refractivity contribution >= 4 is 20.0 Å². The van der Waals surface area contributed by atoms with E-state index in [0.29, 0.717) is 0 Å². The number of hydrogen-bond donors (Lipinski definition) is 1. The van der Waals surface area contributed by atoms with Crippen molar-refractivity contribution in [2.45, 2.75) is 84.2 Å². The number of ketones is 1. The van der Waals surface area contributed by atoms with Crippen LogP contribution < -0.4 is 5.32 Å². The molecule has 1 aliphatic heterocycles. The average molecular weight is 352 g/mol. The third-order valence-corrected chi connectivity index (χ3v) is 10.7. The van der Waals surface area contributed by atoms with Crippen molar-refractivity contribution in [2.24, 2.45) is 11.8 Å². The number of amides is 1. The summed E-state index contributed by atoms with van der Waals surface area (Å²) in [5.74, 6) is 0.429. The van der Waals surface area contributed by atoms with Gasteiger partial charge in [-0.25, -0.2) is 0 Å². The van der Waals surface area contributed by atoms with Crippen molar-refractivity contribution in [3.05, 3.63) is 11.6 Å². The Balaban J connectivity index is 2.05. The zero-order valence-corrected chi connectivity index (χ0v) is 17.2. The van der Waals surface area contributed by atoms with Gasteiger partial charge in [0.1, 0.15) is 5.78 Å². The second-order valence-corrected chi connectivity index (χ2v) is 13.7. The highest BCUT2D eigenvalue weighted by Gasteiger charge is 2.48. The van der Waals surface area contributed by atoms with Crippen molar-refractivity contribution in [3.63, 3.8) is 0 Å². The summed E-state index contributed by atoms with van der Waals surface area (Å²) < 4.78 is 6.45. The monoisotopic (exact) mass is 351 g/mol. The Kier molecular flexibility index (Phi) is 5.45. The van der Waals surface area contributed by atoms with Gasteiger partial charge in [-0.3, -0.25) is 9.59 Å². The van der Waals surface area contributed by atoms with Gasteiger partial charge in [0.05, 0.1) is 18.1 Å². The number of carbonyl (C=O) groups is 2. The second-order valence-electron chi connectivity index (χ2n) is 8.96. The molecule has 5 heteroatoms. The highest BCUT2D eigenvalue weighted by molar-refractivity contribution is 6.74. The molecule has 4 nitrogen and oxygen atoms in total. The predicted molar refractivity (Wildman–Crippen MR) is 99.3 cm³/mol. The number of hydrogen-bond acceptors (Lipinski definition) is 3. The molecule has 0 radical (unpaired) electrons. The SMILES string of the molecule is CC(=O)C1CC=C([C@H]2NC(=O)[C@@H]2[C@@H](C)O[Si](C)(C)C(C)(C)C)CC1. The molecule has 1 heterocycles. The molecule has 24 heavy (non-hydrogen) atoms. The van der Waals surface area contributed by atoms with E-state index in [4.69, 9.17) is 4.43 Å². The number of allylic oxidation sites excluding steroid dienone is 1. The summed E-state index contributed by atoms with van der Waals surface area (Å²) in [5, 5.41) is 3.19. The Bertz CT molecular complexity index is 547. The zero-order chi connectivity index (χ0) is 18.3. The van der Waals surface area contributed by atoms with E-state index < -0.39 is 8.32 Å². The molecule has 1 aliphatic carbocycles. The van der Waals surface area contributed by atoms with E-state index in [-0.39, 0.29) is 40.7 Å². The number of Topliss-reactive ketones (excluding diaryl/α,β-unsaturated/α-hetero) is 1. The maximum Gasteiger partial charge on any atom is 0.228 e. The lowest BCUT2D eigenvalue weighted by Crippen LogP contribution is -2.64. The van der Waals surface area contributed by atoms with Crippen LogP contribution in [0.5, 0.6) is 0 Å². The highest BCUT2D eigenvalue weighted by Crippen LogP contribution is 2.40. The lowest BCUT2D eigenvalue weighted by atomic mass is 9.76. The van der Waals surface area contributed by atoms with Gasteiger partial charge in [-0.05, 0) is 51.2 Å². The fourth-order valence-corrected chi connectivity index (χ4v) is 4.85. The number of rotatable bonds is 5. The van der Waals surface area contributed by atoms with E-state index in [9.17, 15) is 9.59 Å². The minimum atomic E-state index is -1.89. The summed E-state index contributed by atoms with van der Waals surface area (Å²) in [6.07, 6.45) is 4.71. The van der Waals surface area contributed by atoms with Gasteiger partial charge in [-0.1, -0.05) is 32.4 Å². The van der Waals surface area contributed by atoms with Gasteiger partial charge in [0.2, 0.25) is 5.91 Å². The first-order chi connectivity index (χ1) is 10.9. The number of β-lactam (4-membered cyclic amide) rings is 1. The molecule has 1 fully saturated rings. The third-order valence-electron chi connectivity index (χ3n) is 6.17. The molecule has 1 saturated heterocycles. The molecule has 0 spiro atoms. The zero-order valence-electron chi connectivity index (χ0n) is 16.2. The quantitative estimate of drug-likeness (QED) is 0.465. The van der Waals surface area contributed by atoms with E-state index in [1.54, 1.807) is 6.92 Å². The lowest BCUT2D eigenvalue weighted by molar-refractivity contribution is -0.138. The largest absolute Gasteiger partial charge is 0.413 e. The molecular weight excluding hydrogens is 318 g/mol. The fourth-order valence-electron chi connectivity index (χ4n) is 3.42. The molecule has 0 bridgehead atoms. The number of carbonyl (C=O) groups excluding carboxylic acids is 2. The van der Waals surface area contributed by atoms with Gasteiger partial charge in [0.15, 0.2) is 8.32 Å². The fraction of sp³-hybridized carbons (Fsp3) is 0.789. The van der Waals surface area contributed by atoms with Crippen molar-refractivity contribution in [3.8, 4) is 0 Å². The topological polar surface area (TPSA) is 55.4 Å². The summed E-state index contributed by atoms with van der Waals surface area (Å²) in [4.78, 5) is 23.7. The van der Waals surface area contributed by atoms with Crippen LogP contribution in [0.3, 0.4) is 0 Å². The van der Waals surface area contributed by atoms with Crippen molar-refractivity contribution in [1.82, 2.24) is 5.32 Å². The molecule has 0 aromatic carbocycles. The van der Waals surface area contributed by atoms with E-state index in [1.165, 1.54) is 5.57 Å². The van der Waals surface area contributed by atoms with Crippen LogP contribution in [0.15, 0.2) is 11.6 Å². The van der Waals surface area contributed by atoms with Crippen LogP contribution >= 0.6 is 0 Å². The Hall–Kier alpha value is -0.943. The maximum absolute atomic E-state index is 12.2. The molecule has 0 aromatic rings. The van der Waals surface area contributed by atoms with E-state index in [0.717, 1.165) is 19.3 Å². The van der Waals surface area contributed by atoms with Gasteiger partial charge in [0, 0.05) is 5.92 Å². The molecule has 1 N–H and O–H groups in total. The molecule has 1 amide bonds. The summed E-state index contributed by atoms with van der Waals surface area (Å²) >= 11 is 0. The summed E-state index contributed by atoms with van der Waals surface area (Å²) in [6.45, 7) is 14.8. The molecule has 2 aliphatic rings. The van der Waals surface area contributed by atoms with Crippen LogP contribution in [-0.2, 0) is 14.0 Å². The predicted octanol–water partition coefficient (Wildman–Crippen LogP) is 3.83. The molecule has 1 unspecified atom stereocenters. The Labute approximate surface area is 147 Å². The van der Waals surface area contributed by atoms with E-state index in [2.05, 4.69) is 45.3 Å². The van der Waals surface area contributed by atoms with Gasteiger partial charge < -0.3 is 9.74 Å². The van der Waals surface area contributed by atoms with Crippen molar-refractivity contribution in [2.75, 3.05) is 0 Å². The molecule has 136 valence electrons. The smallest absolute Gasteiger partial charge is 0.228 e. The summed E-state index contributed by atoms with van der Waals surface area (Å²) in [7, 11) is -1.89. The van der Waals surface area contributed by atoms with Crippen LogP contribution in [0, 0.1) is 11.8 Å². The molecule has 2 rings (SSSR count). The molecule has 0 aromatic heterocycles. The van der Waals surface area contributed by atoms with Crippen LogP contribution in [0.2, 0.25) is 18.1 Å². The molecular formula is C19H33NO3Si. The third kappa shape index (κ3) is 3.83. The van der Waals surface area contributed by atoms with E-state index >= 15 is 0 Å². The second kappa shape index (κ2) is 6.75. The van der Waals surface area contributed by atoms with Gasteiger partial charge in [-0.2, -0.15) is 0 Å². The lowest BCUT2D eigenvalue weighted by Gasteiger charge is -2.46. The first-order valence-corrected chi connectivity index (χ1v) is 12.0. The minimum absolute atomic E-state index is 0.0731. The van der Waals surface area contributed by atoms with Gasteiger partial charge >= 0.3 is 0 Å². The Morgan fingerprint density at radius 1 is 1.38 bits per heavy atom. The first kappa shape index (κ1) is 19.4. The van der Waals surface area contributed by atoms with Gasteiger partial charge in [0.25, 0.3) is 0 Å². The van der Waals surface area contributed by atoms with Crippen LogP contribution in [0.4, 0.5) is 0 Å². The normalized spacial score (nSPS) is 29.4. The van der Waals surface area contributed by atoms with Crippen LogP contribution in [0.25, 0.3) is 0 Å². The molecule has 4 atom stereocenters. The minimum Gasteiger partial charge on any atom is -0.413 e. The highest BCUT2D eigenvalue weighted by atomic mass is 28.4. The summed E-state index contributed by atoms with van der Waals surface area (Å²) in [6, 6.07) is 0.0881. The Morgan fingerprint density at radius 3 is 2.42 bits per heavy atom. The van der Waals surface area contributed by atoms with Gasteiger partial charge in [-0.15, -0.1) is 0 Å². The maximum atomic E-state index is 12.2. The van der Waals surface area contributed by atoms with Crippen molar-refractivity contribution < 1.29 is 14.0 Å². The standard InChI is InChI=1S/C19H33NO3Si/c1-12(21)14-8-10-15(11-9-14)17-16(18(22)20-17)13(2)23-24(6,7)19(3,4)5/h10,13-14,16-17H,8-9,11H2,1-7H3,(H,20,22)/t13-,14?,16-,17-/m1/s1. The Morgan fingerprint density at radius 2 is 2.00 bits per heavy atom. The van der Waals surface area contributed by atoms with Crippen LogP contribution in [-0.4, -0.2) is 32.2 Å². The number of nitrogens with one attached hydrogen (secondary N) is 1. The summed E-state index contributed by atoms with van der Waals surface area (Å²) in [5.41, 5.74) is 1.28. The average Bonchev–Trinajstić information content (AvgIpc) is 2.42. The van der Waals surface area contributed by atoms with Crippen LogP contribution in [0.1, 0.15) is 53.9 Å². The van der Waals surface area contributed by atoms with Crippen molar-refractivity contribution in [1.29, 1.82) is 0 Å². The molecule has 0 saturated carbocycles. The first-order valence-electron chi connectivity index (χ1n) is 9.11.